The van der Waals surface area contributed by atoms with Gasteiger partial charge in [-0.1, -0.05) is 26.0 Å². The summed E-state index contributed by atoms with van der Waals surface area (Å²) in [4.78, 5) is 12.1. The molecule has 0 aliphatic heterocycles. The second-order valence-corrected chi connectivity index (χ2v) is 5.73. The summed E-state index contributed by atoms with van der Waals surface area (Å²) in [6.45, 7) is 3.78. The van der Waals surface area contributed by atoms with Gasteiger partial charge in [0.05, 0.1) is 11.1 Å². The van der Waals surface area contributed by atoms with Gasteiger partial charge in [0, 0.05) is 17.5 Å². The fraction of sp³-hybridized carbons (Fsp3) is 0.500. The van der Waals surface area contributed by atoms with E-state index in [0.717, 1.165) is 6.07 Å². The van der Waals surface area contributed by atoms with E-state index >= 15 is 0 Å². The lowest BCUT2D eigenvalue weighted by molar-refractivity contribution is -0.138. The van der Waals surface area contributed by atoms with Crippen molar-refractivity contribution in [1.82, 2.24) is 5.32 Å². The molecule has 3 nitrogen and oxygen atoms in total. The van der Waals surface area contributed by atoms with Crippen LogP contribution in [0.2, 0.25) is 0 Å². The van der Waals surface area contributed by atoms with Crippen LogP contribution >= 0.6 is 0 Å². The van der Waals surface area contributed by atoms with Crippen molar-refractivity contribution in [3.63, 3.8) is 0 Å². The van der Waals surface area contributed by atoms with Crippen LogP contribution in [0.4, 0.5) is 13.2 Å². The Morgan fingerprint density at radius 1 is 1.35 bits per heavy atom. The lowest BCUT2D eigenvalue weighted by Crippen LogP contribution is -2.64. The molecule has 1 saturated carbocycles. The number of nitrogens with two attached hydrogens (primary N) is 1. The minimum Gasteiger partial charge on any atom is -0.349 e. The molecule has 0 bridgehead atoms. The third-order valence-corrected chi connectivity index (χ3v) is 4.13. The zero-order chi connectivity index (χ0) is 15.1. The highest BCUT2D eigenvalue weighted by Gasteiger charge is 2.47. The van der Waals surface area contributed by atoms with Crippen LogP contribution in [-0.2, 0) is 6.18 Å². The van der Waals surface area contributed by atoms with Crippen LogP contribution in [0.25, 0.3) is 0 Å². The second kappa shape index (κ2) is 4.77. The maximum Gasteiger partial charge on any atom is 0.417 e. The first-order valence-corrected chi connectivity index (χ1v) is 6.36. The smallest absolute Gasteiger partial charge is 0.349 e. The number of benzene rings is 1. The minimum absolute atomic E-state index is 0.0503. The van der Waals surface area contributed by atoms with Gasteiger partial charge < -0.3 is 11.1 Å². The topological polar surface area (TPSA) is 55.1 Å². The number of halogens is 3. The Labute approximate surface area is 115 Å². The minimum atomic E-state index is -4.54. The molecule has 1 aliphatic rings. The monoisotopic (exact) mass is 286 g/mol. The number of carbonyl (C=O) groups excluding carboxylic acids is 1. The van der Waals surface area contributed by atoms with Gasteiger partial charge in [0.15, 0.2) is 0 Å². The molecule has 0 heterocycles. The number of carbonyl (C=O) groups is 1. The van der Waals surface area contributed by atoms with Gasteiger partial charge in [0.2, 0.25) is 0 Å². The molecule has 3 N–H and O–H groups in total. The van der Waals surface area contributed by atoms with Crippen LogP contribution in [0.15, 0.2) is 24.3 Å². The molecule has 110 valence electrons. The molecule has 1 fully saturated rings. The van der Waals surface area contributed by atoms with E-state index in [4.69, 9.17) is 5.73 Å². The van der Waals surface area contributed by atoms with Crippen molar-refractivity contribution in [2.45, 2.75) is 38.5 Å². The molecule has 1 aromatic rings. The van der Waals surface area contributed by atoms with Crippen molar-refractivity contribution < 1.29 is 18.0 Å². The summed E-state index contributed by atoms with van der Waals surface area (Å²) >= 11 is 0. The van der Waals surface area contributed by atoms with Crippen LogP contribution in [0, 0.1) is 5.41 Å². The first-order valence-electron chi connectivity index (χ1n) is 6.36. The van der Waals surface area contributed by atoms with Crippen molar-refractivity contribution in [2.75, 3.05) is 0 Å². The Hall–Kier alpha value is -1.56. The summed E-state index contributed by atoms with van der Waals surface area (Å²) < 4.78 is 38.6. The number of hydrogen-bond acceptors (Lipinski definition) is 2. The van der Waals surface area contributed by atoms with Gasteiger partial charge in [-0.3, -0.25) is 4.79 Å². The van der Waals surface area contributed by atoms with Crippen molar-refractivity contribution in [3.05, 3.63) is 35.4 Å². The van der Waals surface area contributed by atoms with Gasteiger partial charge in [-0.25, -0.2) is 0 Å². The summed E-state index contributed by atoms with van der Waals surface area (Å²) in [5.74, 6) is -0.706. The lowest BCUT2D eigenvalue weighted by Gasteiger charge is -2.50. The van der Waals surface area contributed by atoms with E-state index in [2.05, 4.69) is 5.32 Å². The van der Waals surface area contributed by atoms with Gasteiger partial charge in [-0.15, -0.1) is 0 Å². The zero-order valence-corrected chi connectivity index (χ0v) is 11.3. The normalized spacial score (nSPS) is 24.9. The maximum atomic E-state index is 12.9. The molecule has 2 rings (SSSR count). The Morgan fingerprint density at radius 3 is 2.45 bits per heavy atom. The van der Waals surface area contributed by atoms with Crippen LogP contribution in [-0.4, -0.2) is 18.0 Å². The molecule has 1 amide bonds. The third-order valence-electron chi connectivity index (χ3n) is 4.13. The van der Waals surface area contributed by atoms with Crippen LogP contribution in [0.3, 0.4) is 0 Å². The fourth-order valence-corrected chi connectivity index (χ4v) is 2.37. The maximum absolute atomic E-state index is 12.9. The van der Waals surface area contributed by atoms with Crippen molar-refractivity contribution >= 4 is 5.91 Å². The lowest BCUT2D eigenvalue weighted by atomic mass is 9.63. The van der Waals surface area contributed by atoms with Crippen LogP contribution in [0.1, 0.15) is 36.2 Å². The number of nitrogens with one attached hydrogen (secondary N) is 1. The number of alkyl halides is 3. The second-order valence-electron chi connectivity index (χ2n) is 5.73. The molecule has 0 saturated heterocycles. The van der Waals surface area contributed by atoms with E-state index in [1.54, 1.807) is 0 Å². The fourth-order valence-electron chi connectivity index (χ4n) is 2.37. The van der Waals surface area contributed by atoms with Crippen LogP contribution < -0.4 is 11.1 Å². The molecule has 2 unspecified atom stereocenters. The molecular formula is C14H17F3N2O. The van der Waals surface area contributed by atoms with E-state index < -0.39 is 17.6 Å². The molecule has 0 spiro atoms. The predicted octanol–water partition coefficient (Wildman–Crippen LogP) is 2.56. The van der Waals surface area contributed by atoms with Crippen LogP contribution in [0.5, 0.6) is 0 Å². The van der Waals surface area contributed by atoms with Crippen molar-refractivity contribution in [3.8, 4) is 0 Å². The third kappa shape index (κ3) is 2.52. The highest BCUT2D eigenvalue weighted by Crippen LogP contribution is 2.39. The van der Waals surface area contributed by atoms with Gasteiger partial charge in [-0.2, -0.15) is 13.2 Å². The number of hydrogen-bond donors (Lipinski definition) is 2. The average Bonchev–Trinajstić information content (AvgIpc) is 2.37. The average molecular weight is 286 g/mol. The van der Waals surface area contributed by atoms with E-state index in [0.29, 0.717) is 6.42 Å². The van der Waals surface area contributed by atoms with Crippen molar-refractivity contribution in [1.29, 1.82) is 0 Å². The standard InChI is InChI=1S/C14H17F3N2O/c1-13(2)10(18)7-11(13)19-12(20)8-5-3-4-6-9(8)14(15,16)17/h3-6,10-11H,7,18H2,1-2H3,(H,19,20). The zero-order valence-electron chi connectivity index (χ0n) is 11.3. The van der Waals surface area contributed by atoms with E-state index in [1.807, 2.05) is 13.8 Å². The molecule has 6 heteroatoms. The first kappa shape index (κ1) is 14.8. The number of amides is 1. The highest BCUT2D eigenvalue weighted by atomic mass is 19.4. The van der Waals surface area contributed by atoms with E-state index in [9.17, 15) is 18.0 Å². The Bertz CT molecular complexity index is 525. The molecule has 2 atom stereocenters. The van der Waals surface area contributed by atoms with E-state index in [-0.39, 0.29) is 23.1 Å². The Kier molecular flexibility index (Phi) is 3.54. The molecule has 0 aromatic heterocycles. The first-order chi connectivity index (χ1) is 9.14. The van der Waals surface area contributed by atoms with Crippen molar-refractivity contribution in [2.24, 2.45) is 11.1 Å². The molecule has 1 aliphatic carbocycles. The molecule has 0 radical (unpaired) electrons. The van der Waals surface area contributed by atoms with Gasteiger partial charge in [0.25, 0.3) is 5.91 Å². The molecule has 1 aromatic carbocycles. The van der Waals surface area contributed by atoms with Gasteiger partial charge >= 0.3 is 6.18 Å². The Balaban J connectivity index is 2.19. The molecular weight excluding hydrogens is 269 g/mol. The van der Waals surface area contributed by atoms with E-state index in [1.165, 1.54) is 18.2 Å². The molecule has 20 heavy (non-hydrogen) atoms. The SMILES string of the molecule is CC1(C)C(N)CC1NC(=O)c1ccccc1C(F)(F)F. The largest absolute Gasteiger partial charge is 0.417 e. The van der Waals surface area contributed by atoms with Gasteiger partial charge in [-0.05, 0) is 18.6 Å². The quantitative estimate of drug-likeness (QED) is 0.878. The Morgan fingerprint density at radius 2 is 1.95 bits per heavy atom. The van der Waals surface area contributed by atoms with Gasteiger partial charge in [0.1, 0.15) is 0 Å². The summed E-state index contributed by atoms with van der Waals surface area (Å²) in [6.07, 6.45) is -3.97. The summed E-state index contributed by atoms with van der Waals surface area (Å²) in [6, 6.07) is 4.53. The summed E-state index contributed by atoms with van der Waals surface area (Å²) in [7, 11) is 0. The highest BCUT2D eigenvalue weighted by molar-refractivity contribution is 5.96. The summed E-state index contributed by atoms with van der Waals surface area (Å²) in [5, 5.41) is 2.65. The number of rotatable bonds is 2. The predicted molar refractivity (Wildman–Crippen MR) is 69.1 cm³/mol. The summed E-state index contributed by atoms with van der Waals surface area (Å²) in [5.41, 5.74) is 4.26.